The van der Waals surface area contributed by atoms with E-state index in [1.54, 1.807) is 18.2 Å². The highest BCUT2D eigenvalue weighted by atomic mass is 35.5. The summed E-state index contributed by atoms with van der Waals surface area (Å²) < 4.78 is 27.5. The highest BCUT2D eigenvalue weighted by Gasteiger charge is 2.13. The molecule has 0 aliphatic carbocycles. The van der Waals surface area contributed by atoms with Gasteiger partial charge in [0.2, 0.25) is 5.09 Å². The summed E-state index contributed by atoms with van der Waals surface area (Å²) in [5.74, 6) is 0.462. The van der Waals surface area contributed by atoms with Gasteiger partial charge in [0.25, 0.3) is 10.0 Å². The Hall–Kier alpha value is -1.70. The molecule has 2 aromatic rings. The molecule has 0 saturated heterocycles. The van der Waals surface area contributed by atoms with Gasteiger partial charge in [-0.2, -0.15) is 0 Å². The number of sulfonamides is 1. The minimum absolute atomic E-state index is 0.252. The van der Waals surface area contributed by atoms with Crippen LogP contribution < -0.4 is 15.4 Å². The average molecular weight is 330 g/mol. The summed E-state index contributed by atoms with van der Waals surface area (Å²) in [5.41, 5.74) is 1.78. The van der Waals surface area contributed by atoms with E-state index < -0.39 is 10.0 Å². The second kappa shape index (κ2) is 5.97. The van der Waals surface area contributed by atoms with E-state index in [9.17, 15) is 8.42 Å². The molecule has 3 N–H and O–H groups in total. The summed E-state index contributed by atoms with van der Waals surface area (Å²) >= 11 is 5.99. The first kappa shape index (κ1) is 15.7. The van der Waals surface area contributed by atoms with E-state index in [2.05, 4.69) is 5.32 Å². The zero-order chi connectivity index (χ0) is 15.6. The summed E-state index contributed by atoms with van der Waals surface area (Å²) in [6, 6.07) is 8.38. The number of nitrogens with zero attached hydrogens (tertiary/aromatic N) is 1. The standard InChI is InChI=1S/C13H16ClN3O3S/c1-17(2)12-5-3-9(14)7-11(12)16-8-10-4-6-13(20-10)21(15,18)19/h3-7,16H,8H2,1-2H3,(H2,15,18,19). The Balaban J connectivity index is 2.17. The smallest absolute Gasteiger partial charge is 0.271 e. The molecular formula is C13H16ClN3O3S. The Bertz CT molecular complexity index is 741. The van der Waals surface area contributed by atoms with Crippen molar-refractivity contribution < 1.29 is 12.8 Å². The van der Waals surface area contributed by atoms with E-state index in [0.717, 1.165) is 11.4 Å². The van der Waals surface area contributed by atoms with Gasteiger partial charge in [0, 0.05) is 19.1 Å². The van der Waals surface area contributed by atoms with Crippen LogP contribution in [0.15, 0.2) is 39.8 Å². The quantitative estimate of drug-likeness (QED) is 0.878. The van der Waals surface area contributed by atoms with Crippen molar-refractivity contribution >= 4 is 33.0 Å². The molecule has 21 heavy (non-hydrogen) atoms. The van der Waals surface area contributed by atoms with Crippen LogP contribution in [0, 0.1) is 0 Å². The average Bonchev–Trinajstić information content (AvgIpc) is 2.84. The fourth-order valence-corrected chi connectivity index (χ4v) is 2.48. The molecule has 0 unspecified atom stereocenters. The molecule has 0 atom stereocenters. The van der Waals surface area contributed by atoms with Crippen molar-refractivity contribution in [3.63, 3.8) is 0 Å². The number of rotatable bonds is 5. The van der Waals surface area contributed by atoms with Crippen molar-refractivity contribution in [3.8, 4) is 0 Å². The van der Waals surface area contributed by atoms with Gasteiger partial charge in [-0.15, -0.1) is 0 Å². The summed E-state index contributed by atoms with van der Waals surface area (Å²) in [4.78, 5) is 1.94. The van der Waals surface area contributed by atoms with Gasteiger partial charge in [0.15, 0.2) is 0 Å². The topological polar surface area (TPSA) is 88.6 Å². The van der Waals surface area contributed by atoms with Gasteiger partial charge in [0.1, 0.15) is 5.76 Å². The largest absolute Gasteiger partial charge is 0.446 e. The van der Waals surface area contributed by atoms with Crippen LogP contribution in [0.5, 0.6) is 0 Å². The number of nitrogens with two attached hydrogens (primary N) is 1. The number of anilines is 2. The fraction of sp³-hybridized carbons (Fsp3) is 0.231. The van der Waals surface area contributed by atoms with Crippen LogP contribution in [0.2, 0.25) is 5.02 Å². The number of nitrogens with one attached hydrogen (secondary N) is 1. The molecule has 1 heterocycles. The molecule has 0 radical (unpaired) electrons. The van der Waals surface area contributed by atoms with Crippen molar-refractivity contribution in [2.75, 3.05) is 24.3 Å². The molecule has 0 spiro atoms. The van der Waals surface area contributed by atoms with E-state index in [1.165, 1.54) is 6.07 Å². The third-order valence-electron chi connectivity index (χ3n) is 2.81. The number of benzene rings is 1. The highest BCUT2D eigenvalue weighted by Crippen LogP contribution is 2.28. The first-order valence-corrected chi connectivity index (χ1v) is 8.02. The molecule has 0 amide bonds. The third-order valence-corrected chi connectivity index (χ3v) is 3.83. The lowest BCUT2D eigenvalue weighted by molar-refractivity contribution is 0.419. The summed E-state index contributed by atoms with van der Waals surface area (Å²) in [5, 5.41) is 8.51. The lowest BCUT2D eigenvalue weighted by Gasteiger charge is -2.18. The summed E-state index contributed by atoms with van der Waals surface area (Å²) in [7, 11) is 0.0171. The molecule has 0 aliphatic heterocycles. The van der Waals surface area contributed by atoms with E-state index >= 15 is 0 Å². The molecule has 8 heteroatoms. The predicted octanol–water partition coefficient (Wildman–Crippen LogP) is 2.26. The molecule has 1 aromatic heterocycles. The van der Waals surface area contributed by atoms with Crippen LogP contribution in [0.3, 0.4) is 0 Å². The molecule has 114 valence electrons. The molecule has 0 saturated carbocycles. The molecular weight excluding hydrogens is 314 g/mol. The van der Waals surface area contributed by atoms with Gasteiger partial charge in [-0.25, -0.2) is 13.6 Å². The van der Waals surface area contributed by atoms with Crippen LogP contribution in [0.1, 0.15) is 5.76 Å². The Labute approximate surface area is 128 Å². The number of hydrogen-bond acceptors (Lipinski definition) is 5. The normalized spacial score (nSPS) is 11.4. The van der Waals surface area contributed by atoms with Gasteiger partial charge < -0.3 is 14.6 Å². The molecule has 6 nitrogen and oxygen atoms in total. The van der Waals surface area contributed by atoms with E-state index in [1.807, 2.05) is 25.1 Å². The maximum atomic E-state index is 11.1. The zero-order valence-corrected chi connectivity index (χ0v) is 13.2. The van der Waals surface area contributed by atoms with Gasteiger partial charge in [-0.1, -0.05) is 11.6 Å². The van der Waals surface area contributed by atoms with Crippen molar-refractivity contribution in [1.82, 2.24) is 0 Å². The van der Waals surface area contributed by atoms with Crippen LogP contribution >= 0.6 is 11.6 Å². The fourth-order valence-electron chi connectivity index (χ4n) is 1.83. The number of furan rings is 1. The minimum Gasteiger partial charge on any atom is -0.446 e. The van der Waals surface area contributed by atoms with Gasteiger partial charge in [-0.3, -0.25) is 0 Å². The predicted molar refractivity (Wildman–Crippen MR) is 83.2 cm³/mol. The Kier molecular flexibility index (Phi) is 4.46. The third kappa shape index (κ3) is 3.90. The van der Waals surface area contributed by atoms with Crippen LogP contribution in [0.25, 0.3) is 0 Å². The summed E-state index contributed by atoms with van der Waals surface area (Å²) in [6.07, 6.45) is 0. The second-order valence-electron chi connectivity index (χ2n) is 4.68. The van der Waals surface area contributed by atoms with Crippen molar-refractivity contribution in [2.24, 2.45) is 5.14 Å². The molecule has 0 bridgehead atoms. The first-order valence-electron chi connectivity index (χ1n) is 6.09. The molecule has 1 aromatic carbocycles. The lowest BCUT2D eigenvalue weighted by atomic mass is 10.2. The summed E-state index contributed by atoms with van der Waals surface area (Å²) in [6.45, 7) is 0.316. The van der Waals surface area contributed by atoms with Gasteiger partial charge >= 0.3 is 0 Å². The van der Waals surface area contributed by atoms with Crippen molar-refractivity contribution in [2.45, 2.75) is 11.6 Å². The first-order chi connectivity index (χ1) is 9.77. The SMILES string of the molecule is CN(C)c1ccc(Cl)cc1NCc1ccc(S(N)(=O)=O)o1. The minimum atomic E-state index is -3.82. The van der Waals surface area contributed by atoms with Crippen molar-refractivity contribution in [3.05, 3.63) is 41.1 Å². The Morgan fingerprint density at radius 2 is 2.00 bits per heavy atom. The van der Waals surface area contributed by atoms with E-state index in [0.29, 0.717) is 17.3 Å². The Morgan fingerprint density at radius 3 is 2.57 bits per heavy atom. The van der Waals surface area contributed by atoms with Crippen LogP contribution in [-0.2, 0) is 16.6 Å². The van der Waals surface area contributed by atoms with E-state index in [-0.39, 0.29) is 5.09 Å². The molecule has 0 aliphatic rings. The van der Waals surface area contributed by atoms with E-state index in [4.69, 9.17) is 21.2 Å². The second-order valence-corrected chi connectivity index (χ2v) is 6.60. The molecule has 0 fully saturated rings. The van der Waals surface area contributed by atoms with Gasteiger partial charge in [0.05, 0.1) is 17.9 Å². The maximum Gasteiger partial charge on any atom is 0.271 e. The Morgan fingerprint density at radius 1 is 1.29 bits per heavy atom. The molecule has 2 rings (SSSR count). The number of hydrogen-bond donors (Lipinski definition) is 2. The highest BCUT2D eigenvalue weighted by molar-refractivity contribution is 7.89. The lowest BCUT2D eigenvalue weighted by Crippen LogP contribution is -2.12. The van der Waals surface area contributed by atoms with Crippen LogP contribution in [0.4, 0.5) is 11.4 Å². The zero-order valence-electron chi connectivity index (χ0n) is 11.6. The monoisotopic (exact) mass is 329 g/mol. The van der Waals surface area contributed by atoms with Gasteiger partial charge in [-0.05, 0) is 30.3 Å². The number of halogens is 1. The number of primary sulfonamides is 1. The van der Waals surface area contributed by atoms with Crippen LogP contribution in [-0.4, -0.2) is 22.5 Å². The maximum absolute atomic E-state index is 11.1. The van der Waals surface area contributed by atoms with Crippen molar-refractivity contribution in [1.29, 1.82) is 0 Å².